The second-order valence-corrected chi connectivity index (χ2v) is 15.0. The highest BCUT2D eigenvalue weighted by molar-refractivity contribution is 5.93. The maximum Gasteiger partial charge on any atom is 0.300 e. The van der Waals surface area contributed by atoms with E-state index in [4.69, 9.17) is 28.4 Å². The van der Waals surface area contributed by atoms with Gasteiger partial charge in [0, 0.05) is 19.2 Å². The Bertz CT molecular complexity index is 1820. The van der Waals surface area contributed by atoms with Crippen molar-refractivity contribution in [1.82, 2.24) is 25.3 Å². The number of fused-ring (bicyclic) bond motifs is 1. The molecule has 11 N–H and O–H groups in total. The molecule has 61 heavy (non-hydrogen) atoms. The number of benzene rings is 1. The number of aromatic nitrogens is 5. The molecular weight excluding hydrogens is 822 g/mol. The molecule has 342 valence electrons. The molecule has 0 spiro atoms. The zero-order valence-electron chi connectivity index (χ0n) is 32.7. The van der Waals surface area contributed by atoms with Gasteiger partial charge in [-0.3, -0.25) is 14.8 Å². The molecule has 6 rings (SSSR count). The van der Waals surface area contributed by atoms with E-state index >= 15 is 0 Å². The van der Waals surface area contributed by atoms with Gasteiger partial charge in [-0.25, -0.2) is 4.63 Å². The summed E-state index contributed by atoms with van der Waals surface area (Å²) in [6.07, 6.45) is -18.3. The van der Waals surface area contributed by atoms with E-state index in [0.29, 0.717) is 30.9 Å². The third-order valence-corrected chi connectivity index (χ3v) is 10.8. The lowest BCUT2D eigenvalue weighted by Crippen LogP contribution is -2.67. The molecule has 3 fully saturated rings. The van der Waals surface area contributed by atoms with Crippen LogP contribution in [-0.4, -0.2) is 200 Å². The normalized spacial score (nSPS) is 34.5. The summed E-state index contributed by atoms with van der Waals surface area (Å²) in [5.74, 6) is 0. The zero-order valence-corrected chi connectivity index (χ0v) is 32.7. The van der Waals surface area contributed by atoms with E-state index < -0.39 is 117 Å². The van der Waals surface area contributed by atoms with Crippen LogP contribution in [-0.2, 0) is 41.5 Å². The summed E-state index contributed by atoms with van der Waals surface area (Å²) in [6, 6.07) is 2.84. The molecule has 3 aliphatic rings. The van der Waals surface area contributed by atoms with Gasteiger partial charge in [0.15, 0.2) is 24.4 Å². The minimum Gasteiger partial charge on any atom is -0.394 e. The number of aryl methyl sites for hydroxylation is 1. The molecule has 0 unspecified atom stereocenters. The van der Waals surface area contributed by atoms with Crippen LogP contribution in [0.25, 0.3) is 11.0 Å². The zero-order chi connectivity index (χ0) is 43.8. The second kappa shape index (κ2) is 21.6. The quantitative estimate of drug-likeness (QED) is 0.0277. The molecule has 0 amide bonds. The minimum atomic E-state index is -1.93. The van der Waals surface area contributed by atoms with Gasteiger partial charge in [-0.1, -0.05) is 30.9 Å². The van der Waals surface area contributed by atoms with Crippen LogP contribution in [0.15, 0.2) is 23.0 Å². The maximum atomic E-state index is 11.2. The van der Waals surface area contributed by atoms with E-state index in [1.54, 1.807) is 10.9 Å². The van der Waals surface area contributed by atoms with Gasteiger partial charge in [0.25, 0.3) is 0 Å². The summed E-state index contributed by atoms with van der Waals surface area (Å²) >= 11 is 0. The van der Waals surface area contributed by atoms with Crippen LogP contribution in [0.1, 0.15) is 44.2 Å². The van der Waals surface area contributed by atoms with Gasteiger partial charge >= 0.3 is 5.69 Å². The van der Waals surface area contributed by atoms with E-state index in [0.717, 1.165) is 32.1 Å². The summed E-state index contributed by atoms with van der Waals surface area (Å²) in [5, 5.41) is 134. The number of nitrogens with one attached hydrogen (secondary N) is 1. The van der Waals surface area contributed by atoms with Gasteiger partial charge in [-0.05, 0) is 29.2 Å². The average molecular weight is 876 g/mol. The van der Waals surface area contributed by atoms with Gasteiger partial charge in [0.2, 0.25) is 5.52 Å². The minimum absolute atomic E-state index is 0.0405. The van der Waals surface area contributed by atoms with Crippen molar-refractivity contribution in [3.63, 3.8) is 0 Å². The van der Waals surface area contributed by atoms with Crippen LogP contribution in [0.3, 0.4) is 0 Å². The molecule has 2 aromatic heterocycles. The van der Waals surface area contributed by atoms with Crippen LogP contribution >= 0.6 is 0 Å². The molecule has 0 aliphatic carbocycles. The van der Waals surface area contributed by atoms with E-state index in [-0.39, 0.29) is 23.3 Å². The number of rotatable bonds is 21. The van der Waals surface area contributed by atoms with Gasteiger partial charge in [-0.2, -0.15) is 0 Å². The number of aliphatic hydroxyl groups is 10. The Labute approximate surface area is 346 Å². The van der Waals surface area contributed by atoms with Crippen molar-refractivity contribution in [1.29, 1.82) is 0 Å². The summed E-state index contributed by atoms with van der Waals surface area (Å²) in [7, 11) is 0. The number of anilines is 1. The Kier molecular flexibility index (Phi) is 16.6. The Morgan fingerprint density at radius 2 is 1.25 bits per heavy atom. The summed E-state index contributed by atoms with van der Waals surface area (Å²) in [4.78, 5) is 10.7. The van der Waals surface area contributed by atoms with Crippen molar-refractivity contribution in [2.45, 2.75) is 144 Å². The monoisotopic (exact) mass is 875 g/mol. The van der Waals surface area contributed by atoms with Crippen molar-refractivity contribution in [2.24, 2.45) is 0 Å². The fourth-order valence-corrected chi connectivity index (χ4v) is 7.31. The summed E-state index contributed by atoms with van der Waals surface area (Å²) < 4.78 is 40.0. The number of nitrogens with zero attached hydrogens (tertiary/aromatic N) is 6. The smallest absolute Gasteiger partial charge is 0.300 e. The van der Waals surface area contributed by atoms with Crippen molar-refractivity contribution >= 4 is 22.4 Å². The number of hydrogen-bond acceptors (Lipinski definition) is 24. The lowest BCUT2D eigenvalue weighted by Gasteiger charge is -2.48. The third-order valence-electron chi connectivity index (χ3n) is 10.8. The molecule has 0 saturated carbocycles. The number of non-ortho nitro benzene ring substituents is 1. The Morgan fingerprint density at radius 1 is 0.689 bits per heavy atom. The molecule has 0 radical (unpaired) electrons. The molecule has 1 aromatic carbocycles. The molecule has 15 atom stereocenters. The lowest BCUT2D eigenvalue weighted by molar-refractivity contribution is -0.383. The van der Waals surface area contributed by atoms with Gasteiger partial charge < -0.3 is 84.8 Å². The largest absolute Gasteiger partial charge is 0.394 e. The number of aliphatic hydroxyl groups excluding tert-OH is 10. The Morgan fingerprint density at radius 3 is 1.89 bits per heavy atom. The molecule has 26 nitrogen and oxygen atoms in total. The van der Waals surface area contributed by atoms with Crippen LogP contribution in [0.5, 0.6) is 0 Å². The van der Waals surface area contributed by atoms with E-state index in [2.05, 4.69) is 30.6 Å². The highest BCUT2D eigenvalue weighted by atomic mass is 16.8. The van der Waals surface area contributed by atoms with Gasteiger partial charge in [0.05, 0.1) is 43.2 Å². The van der Waals surface area contributed by atoms with E-state index in [1.165, 1.54) is 12.1 Å². The highest BCUT2D eigenvalue weighted by Gasteiger charge is 2.54. The lowest BCUT2D eigenvalue weighted by atomic mass is 9.96. The van der Waals surface area contributed by atoms with Crippen molar-refractivity contribution < 1.29 is 89.0 Å². The van der Waals surface area contributed by atoms with Crippen molar-refractivity contribution in [3.05, 3.63) is 34.1 Å². The standard InChI is InChI=1S/C35H53N7O19/c43-13-19-24(46)27(49)28(50)34(57-19)59-32-26(48)21(15-45)58-35(30(32)52)60-31-25(47)20(14-44)56-33(29(31)51)55-10-6-4-2-1-3-5-9-41-12-16(37-40-41)11-36-17-7-8-18(42(53)54)23-22(17)38-61-39-23/h7-8,12,19-21,24-36,43-52H,1-6,9-11,13-15H2/t19-,20-,21-,24+,25+,26+,27+,28-,29-,30-,31+,32+,33-,34+,35+/m1/s1. The first-order valence-corrected chi connectivity index (χ1v) is 19.9. The van der Waals surface area contributed by atoms with Gasteiger partial charge in [-0.15, -0.1) is 5.10 Å². The Balaban J connectivity index is 0.914. The first kappa shape index (κ1) is 46.8. The molecule has 3 aromatic rings. The first-order chi connectivity index (χ1) is 29.4. The van der Waals surface area contributed by atoms with Gasteiger partial charge in [0.1, 0.15) is 78.9 Å². The summed E-state index contributed by atoms with van der Waals surface area (Å²) in [5.41, 5.74) is 1.21. The first-order valence-electron chi connectivity index (χ1n) is 19.9. The number of hydrogen-bond donors (Lipinski definition) is 11. The van der Waals surface area contributed by atoms with Crippen LogP contribution < -0.4 is 5.32 Å². The number of nitro benzene ring substituents is 1. The van der Waals surface area contributed by atoms with Crippen LogP contribution in [0.2, 0.25) is 0 Å². The van der Waals surface area contributed by atoms with Crippen LogP contribution in [0.4, 0.5) is 11.4 Å². The van der Waals surface area contributed by atoms with Crippen molar-refractivity contribution in [3.8, 4) is 0 Å². The second-order valence-electron chi connectivity index (χ2n) is 15.0. The number of unbranched alkanes of at least 4 members (excludes halogenated alkanes) is 5. The fraction of sp³-hybridized carbons (Fsp3) is 0.771. The predicted molar refractivity (Wildman–Crippen MR) is 198 cm³/mol. The molecule has 3 saturated heterocycles. The summed E-state index contributed by atoms with van der Waals surface area (Å²) in [6.45, 7) is -1.24. The van der Waals surface area contributed by atoms with Crippen LogP contribution in [0, 0.1) is 10.1 Å². The third kappa shape index (κ3) is 10.9. The molecule has 5 heterocycles. The SMILES string of the molecule is O=[N+]([O-])c1ccc(NCc2cn(CCCCCCCCO[C@@H]3O[C@H](CO)[C@H](O)[C@H](O[C@@H]4O[C@H](CO)[C@H](O)[C@H](O[C@@H]5O[C@H](CO)[C@H](O)[C@H](O)[C@H]5O)[C@H]4O)[C@H]3O)nn2)c2nonc12. The predicted octanol–water partition coefficient (Wildman–Crippen LogP) is -3.86. The molecule has 3 aliphatic heterocycles. The molecular formula is C35H53N7O19. The highest BCUT2D eigenvalue weighted by Crippen LogP contribution is 2.33. The topological polar surface area (TPSA) is 382 Å². The molecule has 0 bridgehead atoms. The fourth-order valence-electron chi connectivity index (χ4n) is 7.31. The molecule has 26 heteroatoms. The Hall–Kier alpha value is -3.68. The van der Waals surface area contributed by atoms with E-state index in [1.807, 2.05) is 0 Å². The number of ether oxygens (including phenoxy) is 6. The van der Waals surface area contributed by atoms with E-state index in [9.17, 15) is 61.2 Å². The van der Waals surface area contributed by atoms with Crippen molar-refractivity contribution in [2.75, 3.05) is 31.7 Å². The number of nitro groups is 1. The maximum absolute atomic E-state index is 11.2. The average Bonchev–Trinajstić information content (AvgIpc) is 3.94.